The molecule has 0 spiro atoms. The monoisotopic (exact) mass is 343 g/mol. The van der Waals surface area contributed by atoms with Crippen LogP contribution >= 0.6 is 11.3 Å². The van der Waals surface area contributed by atoms with Crippen molar-refractivity contribution < 1.29 is 9.53 Å². The van der Waals surface area contributed by atoms with Gasteiger partial charge in [-0.25, -0.2) is 4.98 Å². The van der Waals surface area contributed by atoms with Gasteiger partial charge >= 0.3 is 0 Å². The summed E-state index contributed by atoms with van der Waals surface area (Å²) in [7, 11) is 0. The fourth-order valence-corrected chi connectivity index (χ4v) is 3.16. The van der Waals surface area contributed by atoms with Crippen LogP contribution in [0.15, 0.2) is 35.7 Å². The first kappa shape index (κ1) is 16.7. The van der Waals surface area contributed by atoms with Crippen molar-refractivity contribution in [2.75, 3.05) is 13.1 Å². The molecule has 2 aromatic rings. The van der Waals surface area contributed by atoms with E-state index in [0.717, 1.165) is 35.0 Å². The Morgan fingerprint density at radius 3 is 2.88 bits per heavy atom. The minimum Gasteiger partial charge on any atom is -0.487 e. The van der Waals surface area contributed by atoms with Crippen LogP contribution in [0.1, 0.15) is 22.7 Å². The summed E-state index contributed by atoms with van der Waals surface area (Å²) in [6.07, 6.45) is 4.30. The van der Waals surface area contributed by atoms with Gasteiger partial charge in [0.15, 0.2) is 0 Å². The number of hydrogen-bond acceptors (Lipinski definition) is 5. The molecular formula is C18H21N3O2S. The number of aromatic nitrogens is 1. The van der Waals surface area contributed by atoms with Crippen LogP contribution in [0.2, 0.25) is 0 Å². The number of carbonyl (C=O) groups excluding carboxylic acids is 1. The number of nitrogens with zero attached hydrogens (tertiary/aromatic N) is 2. The largest absolute Gasteiger partial charge is 0.487 e. The van der Waals surface area contributed by atoms with Gasteiger partial charge in [0.2, 0.25) is 5.91 Å². The molecule has 1 atom stereocenters. The summed E-state index contributed by atoms with van der Waals surface area (Å²) in [5.41, 5.74) is 7.73. The van der Waals surface area contributed by atoms with Gasteiger partial charge in [-0.3, -0.25) is 4.79 Å². The highest BCUT2D eigenvalue weighted by Gasteiger charge is 2.21. The van der Waals surface area contributed by atoms with Gasteiger partial charge in [0.1, 0.15) is 12.4 Å². The highest BCUT2D eigenvalue weighted by molar-refractivity contribution is 7.09. The number of thiazole rings is 1. The molecule has 0 bridgehead atoms. The lowest BCUT2D eigenvalue weighted by molar-refractivity contribution is -0.124. The number of nitrogens with two attached hydrogens (primary N) is 1. The summed E-state index contributed by atoms with van der Waals surface area (Å²) in [6, 6.07) is 7.77. The fourth-order valence-electron chi connectivity index (χ4n) is 2.57. The molecule has 1 aromatic carbocycles. The van der Waals surface area contributed by atoms with E-state index in [-0.39, 0.29) is 11.9 Å². The number of benzene rings is 1. The van der Waals surface area contributed by atoms with Gasteiger partial charge in [0.25, 0.3) is 0 Å². The molecule has 0 radical (unpaired) electrons. The molecule has 24 heavy (non-hydrogen) atoms. The van der Waals surface area contributed by atoms with Crippen molar-refractivity contribution in [3.63, 3.8) is 0 Å². The van der Waals surface area contributed by atoms with Gasteiger partial charge in [0, 0.05) is 30.6 Å². The number of likely N-dealkylation sites (tertiary alicyclic amines) is 1. The van der Waals surface area contributed by atoms with E-state index in [4.69, 9.17) is 10.5 Å². The van der Waals surface area contributed by atoms with Gasteiger partial charge in [-0.15, -0.1) is 11.3 Å². The predicted octanol–water partition coefficient (Wildman–Crippen LogP) is 2.60. The van der Waals surface area contributed by atoms with Crippen LogP contribution in [0.25, 0.3) is 6.08 Å². The predicted molar refractivity (Wildman–Crippen MR) is 95.8 cm³/mol. The first-order chi connectivity index (χ1) is 11.6. The molecule has 0 aliphatic carbocycles. The van der Waals surface area contributed by atoms with Gasteiger partial charge in [-0.2, -0.15) is 0 Å². The second-order valence-corrected chi connectivity index (χ2v) is 6.94. The summed E-state index contributed by atoms with van der Waals surface area (Å²) < 4.78 is 5.71. The van der Waals surface area contributed by atoms with E-state index in [2.05, 4.69) is 4.98 Å². The number of aryl methyl sites for hydroxylation is 1. The average Bonchev–Trinajstić information content (AvgIpc) is 3.20. The van der Waals surface area contributed by atoms with Crippen molar-refractivity contribution in [2.45, 2.75) is 26.0 Å². The smallest absolute Gasteiger partial charge is 0.246 e. The zero-order chi connectivity index (χ0) is 16.9. The Morgan fingerprint density at radius 1 is 1.46 bits per heavy atom. The molecule has 1 saturated heterocycles. The van der Waals surface area contributed by atoms with E-state index < -0.39 is 0 Å². The maximum Gasteiger partial charge on any atom is 0.246 e. The van der Waals surface area contributed by atoms with Crippen LogP contribution < -0.4 is 10.5 Å². The normalized spacial score (nSPS) is 17.6. The van der Waals surface area contributed by atoms with Crippen LogP contribution in [0.5, 0.6) is 5.75 Å². The first-order valence-electron chi connectivity index (χ1n) is 7.96. The molecule has 0 saturated carbocycles. The Morgan fingerprint density at radius 2 is 2.25 bits per heavy atom. The van der Waals surface area contributed by atoms with Gasteiger partial charge < -0.3 is 15.4 Å². The SMILES string of the molecule is Cc1nc(COc2ccc(C=CC(=O)N3CC[C@@H](N)C3)cc2)cs1. The highest BCUT2D eigenvalue weighted by atomic mass is 32.1. The van der Waals surface area contributed by atoms with E-state index in [1.165, 1.54) is 0 Å². The third kappa shape index (κ3) is 4.43. The molecule has 1 aliphatic rings. The highest BCUT2D eigenvalue weighted by Crippen LogP contribution is 2.16. The van der Waals surface area contributed by atoms with Crippen LogP contribution in [-0.4, -0.2) is 34.9 Å². The molecule has 1 aromatic heterocycles. The Kier molecular flexibility index (Phi) is 5.27. The fraction of sp³-hybridized carbons (Fsp3) is 0.333. The molecule has 6 heteroatoms. The van der Waals surface area contributed by atoms with E-state index >= 15 is 0 Å². The van der Waals surface area contributed by atoms with Crippen molar-refractivity contribution in [1.29, 1.82) is 0 Å². The Labute approximate surface area is 145 Å². The van der Waals surface area contributed by atoms with Gasteiger partial charge in [0.05, 0.1) is 10.7 Å². The topological polar surface area (TPSA) is 68.5 Å². The number of carbonyl (C=O) groups is 1. The summed E-state index contributed by atoms with van der Waals surface area (Å²) >= 11 is 1.62. The van der Waals surface area contributed by atoms with Crippen LogP contribution in [-0.2, 0) is 11.4 Å². The molecule has 2 heterocycles. The second kappa shape index (κ2) is 7.59. The number of amides is 1. The van der Waals surface area contributed by atoms with Crippen molar-refractivity contribution in [2.24, 2.45) is 5.73 Å². The average molecular weight is 343 g/mol. The standard InChI is InChI=1S/C18H21N3O2S/c1-13-20-16(12-24-13)11-23-17-5-2-14(3-6-17)4-7-18(22)21-9-8-15(19)10-21/h2-7,12,15H,8-11,19H2,1H3/t15-/m1/s1. The van der Waals surface area contributed by atoms with Crippen LogP contribution in [0, 0.1) is 6.92 Å². The molecular weight excluding hydrogens is 322 g/mol. The zero-order valence-corrected chi connectivity index (χ0v) is 14.5. The summed E-state index contributed by atoms with van der Waals surface area (Å²) in [5.74, 6) is 0.803. The maximum absolute atomic E-state index is 12.0. The summed E-state index contributed by atoms with van der Waals surface area (Å²) in [5, 5.41) is 3.04. The van der Waals surface area contributed by atoms with E-state index in [1.807, 2.05) is 42.6 Å². The summed E-state index contributed by atoms with van der Waals surface area (Å²) in [4.78, 5) is 18.2. The molecule has 126 valence electrons. The lowest BCUT2D eigenvalue weighted by atomic mass is 10.2. The molecule has 1 fully saturated rings. The molecule has 3 rings (SSSR count). The van der Waals surface area contributed by atoms with Crippen LogP contribution in [0.3, 0.4) is 0 Å². The van der Waals surface area contributed by atoms with Crippen molar-refractivity contribution in [3.05, 3.63) is 52.0 Å². The minimum absolute atomic E-state index is 0.0159. The van der Waals surface area contributed by atoms with Crippen molar-refractivity contribution >= 4 is 23.3 Å². The molecule has 0 unspecified atom stereocenters. The summed E-state index contributed by atoms with van der Waals surface area (Å²) in [6.45, 7) is 3.83. The van der Waals surface area contributed by atoms with E-state index in [9.17, 15) is 4.79 Å². The maximum atomic E-state index is 12.0. The van der Waals surface area contributed by atoms with Crippen molar-refractivity contribution in [3.8, 4) is 5.75 Å². The third-order valence-electron chi connectivity index (χ3n) is 3.89. The van der Waals surface area contributed by atoms with Crippen LogP contribution in [0.4, 0.5) is 0 Å². The molecule has 5 nitrogen and oxygen atoms in total. The first-order valence-corrected chi connectivity index (χ1v) is 8.84. The lowest BCUT2D eigenvalue weighted by Gasteiger charge is -2.12. The third-order valence-corrected chi connectivity index (χ3v) is 4.71. The van der Waals surface area contributed by atoms with Gasteiger partial charge in [-0.1, -0.05) is 12.1 Å². The second-order valence-electron chi connectivity index (χ2n) is 5.88. The van der Waals surface area contributed by atoms with E-state index in [1.54, 1.807) is 22.3 Å². The molecule has 1 amide bonds. The molecule has 2 N–H and O–H groups in total. The quantitative estimate of drug-likeness (QED) is 0.847. The van der Waals surface area contributed by atoms with Crippen molar-refractivity contribution in [1.82, 2.24) is 9.88 Å². The van der Waals surface area contributed by atoms with E-state index in [0.29, 0.717) is 13.2 Å². The molecule has 1 aliphatic heterocycles. The minimum atomic E-state index is 0.0159. The zero-order valence-electron chi connectivity index (χ0n) is 13.6. The van der Waals surface area contributed by atoms with Gasteiger partial charge in [-0.05, 0) is 37.1 Å². The number of ether oxygens (including phenoxy) is 1. The Bertz CT molecular complexity index is 724. The Balaban J connectivity index is 1.52. The Hall–Kier alpha value is -2.18. The lowest BCUT2D eigenvalue weighted by Crippen LogP contribution is -2.30. The number of rotatable bonds is 5. The number of hydrogen-bond donors (Lipinski definition) is 1.